The van der Waals surface area contributed by atoms with Gasteiger partial charge < -0.3 is 20.4 Å². The first-order valence-electron chi connectivity index (χ1n) is 6.35. The summed E-state index contributed by atoms with van der Waals surface area (Å²) in [5.41, 5.74) is 0. The molecule has 0 bridgehead atoms. The molecule has 0 saturated carbocycles. The topological polar surface area (TPSA) is 107 Å². The minimum Gasteiger partial charge on any atom is -0.481 e. The van der Waals surface area contributed by atoms with Gasteiger partial charge in [-0.3, -0.25) is 4.79 Å². The van der Waals surface area contributed by atoms with Crippen LogP contribution in [0.25, 0.3) is 0 Å². The fraction of sp³-hybridized carbons (Fsp3) is 0.462. The van der Waals surface area contributed by atoms with Crippen LogP contribution in [0.1, 0.15) is 25.1 Å². The van der Waals surface area contributed by atoms with E-state index in [4.69, 9.17) is 10.2 Å². The molecule has 8 heteroatoms. The molecule has 0 saturated heterocycles. The van der Waals surface area contributed by atoms with Crippen molar-refractivity contribution < 1.29 is 24.6 Å². The van der Waals surface area contributed by atoms with E-state index in [1.54, 1.807) is 13.8 Å². The highest BCUT2D eigenvalue weighted by molar-refractivity contribution is 7.09. The fourth-order valence-electron chi connectivity index (χ4n) is 1.67. The molecule has 1 rings (SSSR count). The third kappa shape index (κ3) is 5.42. The smallest absolute Gasteiger partial charge is 0.326 e. The highest BCUT2D eigenvalue weighted by Gasteiger charge is 2.26. The Morgan fingerprint density at radius 3 is 2.43 bits per heavy atom. The van der Waals surface area contributed by atoms with Crippen molar-refractivity contribution in [1.29, 1.82) is 0 Å². The number of nitrogens with zero attached hydrogens (tertiary/aromatic N) is 1. The van der Waals surface area contributed by atoms with E-state index in [9.17, 15) is 14.4 Å². The quantitative estimate of drug-likeness (QED) is 0.708. The van der Waals surface area contributed by atoms with Crippen LogP contribution in [-0.2, 0) is 16.1 Å². The lowest BCUT2D eigenvalue weighted by Crippen LogP contribution is -2.50. The van der Waals surface area contributed by atoms with Crippen molar-refractivity contribution in [3.8, 4) is 0 Å². The van der Waals surface area contributed by atoms with E-state index in [-0.39, 0.29) is 6.04 Å². The SMILES string of the molecule is CC(C)N(Cc1cccs1)C(=O)NC(CC(=O)O)C(=O)O. The molecule has 3 N–H and O–H groups in total. The molecule has 1 unspecified atom stereocenters. The number of carboxylic acids is 2. The molecule has 0 aliphatic rings. The van der Waals surface area contributed by atoms with Gasteiger partial charge in [-0.15, -0.1) is 11.3 Å². The molecule has 116 valence electrons. The number of carbonyl (C=O) groups is 3. The van der Waals surface area contributed by atoms with Crippen molar-refractivity contribution in [2.45, 2.75) is 38.9 Å². The van der Waals surface area contributed by atoms with Crippen LogP contribution in [0.5, 0.6) is 0 Å². The third-order valence-corrected chi connectivity index (χ3v) is 3.63. The number of carboxylic acid groups (broad SMARTS) is 2. The highest BCUT2D eigenvalue weighted by atomic mass is 32.1. The molecule has 0 fully saturated rings. The Morgan fingerprint density at radius 1 is 1.33 bits per heavy atom. The van der Waals surface area contributed by atoms with Gasteiger partial charge in [0.1, 0.15) is 6.04 Å². The molecule has 1 atom stereocenters. The normalized spacial score (nSPS) is 12.0. The Morgan fingerprint density at radius 2 is 2.00 bits per heavy atom. The van der Waals surface area contributed by atoms with Crippen LogP contribution in [-0.4, -0.2) is 45.2 Å². The van der Waals surface area contributed by atoms with Crippen LogP contribution in [0, 0.1) is 0 Å². The average Bonchev–Trinajstić information content (AvgIpc) is 2.86. The predicted molar refractivity (Wildman–Crippen MR) is 77.2 cm³/mol. The number of thiophene rings is 1. The van der Waals surface area contributed by atoms with Gasteiger partial charge in [-0.05, 0) is 25.3 Å². The van der Waals surface area contributed by atoms with Gasteiger partial charge in [0.25, 0.3) is 0 Å². The second kappa shape index (κ2) is 7.63. The molecule has 1 aromatic rings. The molecule has 0 spiro atoms. The second-order valence-electron chi connectivity index (χ2n) is 4.74. The fourth-order valence-corrected chi connectivity index (χ4v) is 2.37. The van der Waals surface area contributed by atoms with Crippen LogP contribution >= 0.6 is 11.3 Å². The molecule has 2 amide bonds. The van der Waals surface area contributed by atoms with Crippen molar-refractivity contribution in [3.05, 3.63) is 22.4 Å². The number of rotatable bonds is 7. The summed E-state index contributed by atoms with van der Waals surface area (Å²) in [6.07, 6.45) is -0.661. The Bertz CT molecular complexity index is 501. The van der Waals surface area contributed by atoms with Crippen LogP contribution in [0.3, 0.4) is 0 Å². The molecule has 0 aromatic carbocycles. The Balaban J connectivity index is 2.75. The second-order valence-corrected chi connectivity index (χ2v) is 5.77. The first kappa shape index (κ1) is 17.0. The third-order valence-electron chi connectivity index (χ3n) is 2.77. The van der Waals surface area contributed by atoms with Crippen LogP contribution < -0.4 is 5.32 Å². The number of aliphatic carboxylic acids is 2. The van der Waals surface area contributed by atoms with Gasteiger partial charge in [0, 0.05) is 10.9 Å². The average molecular weight is 314 g/mol. The molecular formula is C13H18N2O5S. The maximum absolute atomic E-state index is 12.2. The van der Waals surface area contributed by atoms with E-state index >= 15 is 0 Å². The number of carbonyl (C=O) groups excluding carboxylic acids is 1. The summed E-state index contributed by atoms with van der Waals surface area (Å²) in [4.78, 5) is 36.2. The zero-order valence-electron chi connectivity index (χ0n) is 11.8. The minimum absolute atomic E-state index is 0.147. The van der Waals surface area contributed by atoms with E-state index in [2.05, 4.69) is 5.32 Å². The van der Waals surface area contributed by atoms with Gasteiger partial charge in [-0.2, -0.15) is 0 Å². The summed E-state index contributed by atoms with van der Waals surface area (Å²) < 4.78 is 0. The largest absolute Gasteiger partial charge is 0.481 e. The van der Waals surface area contributed by atoms with Gasteiger partial charge in [0.2, 0.25) is 0 Å². The van der Waals surface area contributed by atoms with Gasteiger partial charge in [0.15, 0.2) is 0 Å². The van der Waals surface area contributed by atoms with Crippen LogP contribution in [0.2, 0.25) is 0 Å². The first-order valence-corrected chi connectivity index (χ1v) is 7.23. The number of hydrogen-bond donors (Lipinski definition) is 3. The van der Waals surface area contributed by atoms with Crippen molar-refractivity contribution in [3.63, 3.8) is 0 Å². The Hall–Kier alpha value is -2.09. The summed E-state index contributed by atoms with van der Waals surface area (Å²) >= 11 is 1.49. The van der Waals surface area contributed by atoms with Crippen molar-refractivity contribution in [2.24, 2.45) is 0 Å². The number of urea groups is 1. The van der Waals surface area contributed by atoms with E-state index in [1.165, 1.54) is 16.2 Å². The molecule has 7 nitrogen and oxygen atoms in total. The monoisotopic (exact) mass is 314 g/mol. The summed E-state index contributed by atoms with van der Waals surface area (Å²) in [7, 11) is 0. The molecule has 0 aliphatic heterocycles. The maximum Gasteiger partial charge on any atom is 0.326 e. The lowest BCUT2D eigenvalue weighted by molar-refractivity contribution is -0.145. The van der Waals surface area contributed by atoms with Crippen LogP contribution in [0.15, 0.2) is 17.5 Å². The van der Waals surface area contributed by atoms with Crippen molar-refractivity contribution in [1.82, 2.24) is 10.2 Å². The maximum atomic E-state index is 12.2. The summed E-state index contributed by atoms with van der Waals surface area (Å²) in [6.45, 7) is 3.96. The predicted octanol–water partition coefficient (Wildman–Crippen LogP) is 1.60. The van der Waals surface area contributed by atoms with E-state index in [1.807, 2.05) is 17.5 Å². The van der Waals surface area contributed by atoms with E-state index in [0.717, 1.165) is 4.88 Å². The van der Waals surface area contributed by atoms with Gasteiger partial charge >= 0.3 is 18.0 Å². The van der Waals surface area contributed by atoms with E-state index < -0.39 is 30.4 Å². The lowest BCUT2D eigenvalue weighted by atomic mass is 10.2. The first-order chi connectivity index (χ1) is 9.81. The van der Waals surface area contributed by atoms with Gasteiger partial charge in [0.05, 0.1) is 13.0 Å². The van der Waals surface area contributed by atoms with Crippen LogP contribution in [0.4, 0.5) is 4.79 Å². The van der Waals surface area contributed by atoms with Crippen molar-refractivity contribution in [2.75, 3.05) is 0 Å². The molecule has 1 heterocycles. The molecule has 0 aliphatic carbocycles. The minimum atomic E-state index is -1.44. The molecule has 21 heavy (non-hydrogen) atoms. The standard InChI is InChI=1S/C13H18N2O5S/c1-8(2)15(7-9-4-3-5-21-9)13(20)14-10(12(18)19)6-11(16)17/h3-5,8,10H,6-7H2,1-2H3,(H,14,20)(H,16,17)(H,18,19). The van der Waals surface area contributed by atoms with Gasteiger partial charge in [-0.25, -0.2) is 9.59 Å². The molecule has 0 radical (unpaired) electrons. The number of nitrogens with one attached hydrogen (secondary N) is 1. The summed E-state index contributed by atoms with van der Waals surface area (Å²) in [5.74, 6) is -2.65. The summed E-state index contributed by atoms with van der Waals surface area (Å²) in [6, 6.07) is 1.55. The molecule has 1 aromatic heterocycles. The Labute approximate surface area is 126 Å². The highest BCUT2D eigenvalue weighted by Crippen LogP contribution is 2.14. The zero-order chi connectivity index (χ0) is 16.0. The summed E-state index contributed by atoms with van der Waals surface area (Å²) in [5, 5.41) is 21.8. The number of hydrogen-bond acceptors (Lipinski definition) is 4. The molecular weight excluding hydrogens is 296 g/mol. The number of amides is 2. The zero-order valence-corrected chi connectivity index (χ0v) is 12.6. The Kier molecular flexibility index (Phi) is 6.16. The van der Waals surface area contributed by atoms with E-state index in [0.29, 0.717) is 6.54 Å². The lowest BCUT2D eigenvalue weighted by Gasteiger charge is -2.27. The van der Waals surface area contributed by atoms with Crippen molar-refractivity contribution >= 4 is 29.3 Å². The van der Waals surface area contributed by atoms with Gasteiger partial charge in [-0.1, -0.05) is 6.07 Å².